The smallest absolute Gasteiger partial charge is 0.368 e. The molecule has 1 aromatic heterocycles. The summed E-state index contributed by atoms with van der Waals surface area (Å²) in [6, 6.07) is 5.70. The van der Waals surface area contributed by atoms with E-state index in [1.165, 1.54) is 15.1 Å². The second-order valence-corrected chi connectivity index (χ2v) is 10.5. The number of alkyl halides is 3. The number of anilines is 1. The average molecular weight is 486 g/mol. The summed E-state index contributed by atoms with van der Waals surface area (Å²) in [5.74, 6) is -0.00892. The molecule has 1 aromatic carbocycles. The molecule has 1 saturated carbocycles. The molecule has 2 heterocycles. The lowest BCUT2D eigenvalue weighted by Gasteiger charge is -2.36. The molecule has 1 amide bonds. The predicted molar refractivity (Wildman–Crippen MR) is 116 cm³/mol. The van der Waals surface area contributed by atoms with E-state index in [-0.39, 0.29) is 38.4 Å². The van der Waals surface area contributed by atoms with Crippen LogP contribution in [-0.4, -0.2) is 60.8 Å². The molecule has 0 unspecified atom stereocenters. The van der Waals surface area contributed by atoms with Crippen molar-refractivity contribution in [3.8, 4) is 0 Å². The molecule has 2 fully saturated rings. The quantitative estimate of drug-likeness (QED) is 0.679. The zero-order chi connectivity index (χ0) is 24.0. The summed E-state index contributed by atoms with van der Waals surface area (Å²) in [5, 5.41) is 7.01. The van der Waals surface area contributed by atoms with Crippen molar-refractivity contribution < 1.29 is 26.4 Å². The molecule has 1 N–H and O–H groups in total. The Kier molecular flexibility index (Phi) is 6.16. The van der Waals surface area contributed by atoms with E-state index in [1.54, 1.807) is 24.1 Å². The van der Waals surface area contributed by atoms with Crippen molar-refractivity contribution in [3.63, 3.8) is 0 Å². The number of aromatic nitrogens is 2. The van der Waals surface area contributed by atoms with Crippen molar-refractivity contribution in [2.45, 2.75) is 31.5 Å². The van der Waals surface area contributed by atoms with Gasteiger partial charge in [-0.1, -0.05) is 6.07 Å². The van der Waals surface area contributed by atoms with Gasteiger partial charge in [0, 0.05) is 51.4 Å². The second-order valence-electron chi connectivity index (χ2n) is 8.53. The number of sulfonamides is 1. The molecule has 1 saturated heterocycles. The highest BCUT2D eigenvalue weighted by atomic mass is 32.2. The fourth-order valence-electron chi connectivity index (χ4n) is 4.01. The van der Waals surface area contributed by atoms with Gasteiger partial charge < -0.3 is 10.2 Å². The van der Waals surface area contributed by atoms with E-state index in [1.807, 2.05) is 0 Å². The molecule has 2 aliphatic rings. The summed E-state index contributed by atoms with van der Waals surface area (Å²) in [4.78, 5) is 14.1. The summed E-state index contributed by atoms with van der Waals surface area (Å²) < 4.78 is 67.6. The number of carbonyl (C=O) groups is 1. The zero-order valence-electron chi connectivity index (χ0n) is 18.4. The van der Waals surface area contributed by atoms with Crippen LogP contribution < -0.4 is 10.2 Å². The van der Waals surface area contributed by atoms with Crippen LogP contribution in [0.2, 0.25) is 0 Å². The molecule has 1 aliphatic carbocycles. The molecular formula is C21H26F3N5O3S. The Hall–Kier alpha value is -2.60. The van der Waals surface area contributed by atoms with Gasteiger partial charge in [0.25, 0.3) is 5.91 Å². The van der Waals surface area contributed by atoms with Gasteiger partial charge in [0.2, 0.25) is 10.0 Å². The van der Waals surface area contributed by atoms with Crippen molar-refractivity contribution in [2.24, 2.45) is 7.05 Å². The molecule has 12 heteroatoms. The Labute approximate surface area is 190 Å². The first-order valence-corrected chi connectivity index (χ1v) is 12.5. The molecule has 180 valence electrons. The summed E-state index contributed by atoms with van der Waals surface area (Å²) in [7, 11) is -1.71. The Morgan fingerprint density at radius 2 is 1.82 bits per heavy atom. The second kappa shape index (κ2) is 8.64. The number of piperazine rings is 1. The van der Waals surface area contributed by atoms with E-state index in [9.17, 15) is 26.4 Å². The minimum atomic E-state index is -4.59. The fourth-order valence-corrected chi connectivity index (χ4v) is 4.84. The van der Waals surface area contributed by atoms with Crippen LogP contribution in [0.3, 0.4) is 0 Å². The van der Waals surface area contributed by atoms with Crippen LogP contribution in [0.25, 0.3) is 0 Å². The van der Waals surface area contributed by atoms with E-state index in [0.29, 0.717) is 17.2 Å². The SMILES string of the molecule is Cn1nc(C2CC2)cc1C(=O)NCc1ccc(N2CCN(S(C)(=O)=O)CC2)c(C(F)(F)F)c1. The van der Waals surface area contributed by atoms with Gasteiger partial charge in [-0.3, -0.25) is 9.48 Å². The van der Waals surface area contributed by atoms with Gasteiger partial charge in [0.1, 0.15) is 5.69 Å². The highest BCUT2D eigenvalue weighted by molar-refractivity contribution is 7.88. The molecule has 1 aliphatic heterocycles. The third kappa shape index (κ3) is 5.32. The summed E-state index contributed by atoms with van der Waals surface area (Å²) in [6.07, 6.45) is -1.41. The number of halogens is 3. The van der Waals surface area contributed by atoms with Crippen LogP contribution in [0.15, 0.2) is 24.3 Å². The van der Waals surface area contributed by atoms with E-state index < -0.39 is 27.7 Å². The van der Waals surface area contributed by atoms with Crippen molar-refractivity contribution in [3.05, 3.63) is 46.8 Å². The minimum absolute atomic E-state index is 0.00596. The van der Waals surface area contributed by atoms with Gasteiger partial charge in [0.15, 0.2) is 0 Å². The minimum Gasteiger partial charge on any atom is -0.368 e. The van der Waals surface area contributed by atoms with Gasteiger partial charge in [-0.25, -0.2) is 8.42 Å². The van der Waals surface area contributed by atoms with Crippen LogP contribution >= 0.6 is 0 Å². The third-order valence-electron chi connectivity index (χ3n) is 5.99. The molecule has 33 heavy (non-hydrogen) atoms. The van der Waals surface area contributed by atoms with Crippen LogP contribution in [0.1, 0.15) is 46.1 Å². The molecule has 0 spiro atoms. The van der Waals surface area contributed by atoms with E-state index in [4.69, 9.17) is 0 Å². The lowest BCUT2D eigenvalue weighted by Crippen LogP contribution is -2.48. The van der Waals surface area contributed by atoms with Gasteiger partial charge in [-0.2, -0.15) is 22.6 Å². The number of nitrogens with zero attached hydrogens (tertiary/aromatic N) is 4. The topological polar surface area (TPSA) is 87.5 Å². The van der Waals surface area contributed by atoms with Crippen molar-refractivity contribution in [2.75, 3.05) is 37.3 Å². The number of benzene rings is 1. The van der Waals surface area contributed by atoms with Gasteiger partial charge in [-0.05, 0) is 36.6 Å². The third-order valence-corrected chi connectivity index (χ3v) is 7.30. The molecule has 4 rings (SSSR count). The number of amides is 1. The number of rotatable bonds is 6. The standard InChI is InChI=1S/C21H26F3N5O3S/c1-27-19(12-17(26-27)15-4-5-15)20(30)25-13-14-3-6-18(16(11-14)21(22,23)24)28-7-9-29(10-8-28)33(2,31)32/h3,6,11-12,15H,4-5,7-10,13H2,1-2H3,(H,25,30). The number of hydrogen-bond acceptors (Lipinski definition) is 5. The van der Waals surface area contributed by atoms with E-state index in [2.05, 4.69) is 10.4 Å². The molecule has 0 bridgehead atoms. The van der Waals surface area contributed by atoms with Crippen molar-refractivity contribution in [1.82, 2.24) is 19.4 Å². The van der Waals surface area contributed by atoms with E-state index in [0.717, 1.165) is 30.9 Å². The van der Waals surface area contributed by atoms with Crippen molar-refractivity contribution in [1.29, 1.82) is 0 Å². The van der Waals surface area contributed by atoms with Gasteiger partial charge >= 0.3 is 6.18 Å². The van der Waals surface area contributed by atoms with Crippen LogP contribution in [0.5, 0.6) is 0 Å². The largest absolute Gasteiger partial charge is 0.418 e. The molecular weight excluding hydrogens is 459 g/mol. The highest BCUT2D eigenvalue weighted by Gasteiger charge is 2.36. The van der Waals surface area contributed by atoms with Crippen LogP contribution in [-0.2, 0) is 29.8 Å². The predicted octanol–water partition coefficient (Wildman–Crippen LogP) is 2.33. The molecule has 2 aromatic rings. The Bertz CT molecular complexity index is 1150. The monoisotopic (exact) mass is 485 g/mol. The average Bonchev–Trinajstić information content (AvgIpc) is 3.52. The van der Waals surface area contributed by atoms with Gasteiger partial charge in [-0.15, -0.1) is 0 Å². The maximum Gasteiger partial charge on any atom is 0.418 e. The normalized spacial score (nSPS) is 17.9. The van der Waals surface area contributed by atoms with Crippen molar-refractivity contribution >= 4 is 21.6 Å². The number of nitrogens with one attached hydrogen (secondary N) is 1. The van der Waals surface area contributed by atoms with Gasteiger partial charge in [0.05, 0.1) is 17.5 Å². The molecule has 0 atom stereocenters. The zero-order valence-corrected chi connectivity index (χ0v) is 19.2. The first kappa shape index (κ1) is 23.6. The Morgan fingerprint density at radius 3 is 2.39 bits per heavy atom. The van der Waals surface area contributed by atoms with Crippen LogP contribution in [0, 0.1) is 0 Å². The Morgan fingerprint density at radius 1 is 1.15 bits per heavy atom. The lowest BCUT2D eigenvalue weighted by molar-refractivity contribution is -0.137. The number of carbonyl (C=O) groups excluding carboxylic acids is 1. The number of aryl methyl sites for hydroxylation is 1. The fraction of sp³-hybridized carbons (Fsp3) is 0.524. The van der Waals surface area contributed by atoms with E-state index >= 15 is 0 Å². The maximum atomic E-state index is 13.8. The molecule has 0 radical (unpaired) electrons. The summed E-state index contributed by atoms with van der Waals surface area (Å²) >= 11 is 0. The Balaban J connectivity index is 1.47. The first-order valence-electron chi connectivity index (χ1n) is 10.7. The summed E-state index contributed by atoms with van der Waals surface area (Å²) in [6.45, 7) is 0.517. The maximum absolute atomic E-state index is 13.8. The van der Waals surface area contributed by atoms with Crippen LogP contribution in [0.4, 0.5) is 18.9 Å². The first-order chi connectivity index (χ1) is 15.4. The number of hydrogen-bond donors (Lipinski definition) is 1. The highest BCUT2D eigenvalue weighted by Crippen LogP contribution is 2.39. The summed E-state index contributed by atoms with van der Waals surface area (Å²) in [5.41, 5.74) is 0.750. The lowest BCUT2D eigenvalue weighted by atomic mass is 10.1. The molecule has 8 nitrogen and oxygen atoms in total.